The van der Waals surface area contributed by atoms with Crippen LogP contribution in [0.15, 0.2) is 23.1 Å². The van der Waals surface area contributed by atoms with Crippen LogP contribution in [0.3, 0.4) is 0 Å². The number of ether oxygens (including phenoxy) is 1. The van der Waals surface area contributed by atoms with Gasteiger partial charge in [0, 0.05) is 4.90 Å². The van der Waals surface area contributed by atoms with Crippen molar-refractivity contribution >= 4 is 17.4 Å². The molecular formula is C9H13NOS. The van der Waals surface area contributed by atoms with Gasteiger partial charge in [0.2, 0.25) is 0 Å². The largest absolute Gasteiger partial charge is 0.492 e. The molecule has 1 aromatic rings. The fourth-order valence-electron chi connectivity index (χ4n) is 0.922. The average Bonchev–Trinajstić information content (AvgIpc) is 2.09. The molecule has 0 bridgehead atoms. The van der Waals surface area contributed by atoms with Gasteiger partial charge in [-0.05, 0) is 31.4 Å². The molecule has 0 saturated heterocycles. The molecule has 0 aliphatic carbocycles. The lowest BCUT2D eigenvalue weighted by Crippen LogP contribution is -1.96. The molecular weight excluding hydrogens is 170 g/mol. The summed E-state index contributed by atoms with van der Waals surface area (Å²) < 4.78 is 5.34. The molecule has 2 N–H and O–H groups in total. The second-order valence-electron chi connectivity index (χ2n) is 2.34. The van der Waals surface area contributed by atoms with E-state index >= 15 is 0 Å². The Kier molecular flexibility index (Phi) is 3.29. The maximum absolute atomic E-state index is 5.70. The standard InChI is InChI=1S/C9H13NOS/c1-3-11-9-6-7(12-2)4-5-8(9)10/h4-6H,3,10H2,1-2H3. The lowest BCUT2D eigenvalue weighted by Gasteiger charge is -2.07. The molecule has 12 heavy (non-hydrogen) atoms. The van der Waals surface area contributed by atoms with Crippen LogP contribution in [-0.2, 0) is 0 Å². The third-order valence-electron chi connectivity index (χ3n) is 1.52. The molecule has 0 saturated carbocycles. The molecule has 0 aliphatic rings. The number of anilines is 1. The van der Waals surface area contributed by atoms with Crippen molar-refractivity contribution in [2.45, 2.75) is 11.8 Å². The Bertz CT molecular complexity index is 263. The molecule has 0 unspecified atom stereocenters. The van der Waals surface area contributed by atoms with Crippen molar-refractivity contribution in [3.8, 4) is 5.75 Å². The van der Waals surface area contributed by atoms with Crippen LogP contribution in [0.25, 0.3) is 0 Å². The minimum atomic E-state index is 0.655. The Hall–Kier alpha value is -0.830. The van der Waals surface area contributed by atoms with Gasteiger partial charge in [0.15, 0.2) is 0 Å². The molecule has 0 heterocycles. The fourth-order valence-corrected chi connectivity index (χ4v) is 1.35. The lowest BCUT2D eigenvalue weighted by atomic mass is 10.3. The van der Waals surface area contributed by atoms with Crippen molar-refractivity contribution in [1.82, 2.24) is 0 Å². The molecule has 0 fully saturated rings. The van der Waals surface area contributed by atoms with Gasteiger partial charge in [-0.2, -0.15) is 0 Å². The molecule has 0 radical (unpaired) electrons. The summed E-state index contributed by atoms with van der Waals surface area (Å²) in [7, 11) is 0. The van der Waals surface area contributed by atoms with E-state index in [4.69, 9.17) is 10.5 Å². The number of hydrogen-bond acceptors (Lipinski definition) is 3. The third-order valence-corrected chi connectivity index (χ3v) is 2.25. The Morgan fingerprint density at radius 1 is 1.50 bits per heavy atom. The molecule has 0 atom stereocenters. The second-order valence-corrected chi connectivity index (χ2v) is 3.22. The molecule has 2 nitrogen and oxygen atoms in total. The van der Waals surface area contributed by atoms with Gasteiger partial charge in [-0.15, -0.1) is 11.8 Å². The molecule has 1 aromatic carbocycles. The third kappa shape index (κ3) is 2.08. The van der Waals surface area contributed by atoms with Crippen molar-refractivity contribution in [3.63, 3.8) is 0 Å². The molecule has 0 aliphatic heterocycles. The summed E-state index contributed by atoms with van der Waals surface area (Å²) in [6.45, 7) is 2.60. The van der Waals surface area contributed by atoms with Gasteiger partial charge in [-0.1, -0.05) is 0 Å². The summed E-state index contributed by atoms with van der Waals surface area (Å²) >= 11 is 1.68. The summed E-state index contributed by atoms with van der Waals surface area (Å²) in [5.74, 6) is 0.782. The van der Waals surface area contributed by atoms with Gasteiger partial charge in [0.05, 0.1) is 12.3 Å². The van der Waals surface area contributed by atoms with Gasteiger partial charge < -0.3 is 10.5 Å². The topological polar surface area (TPSA) is 35.2 Å². The van der Waals surface area contributed by atoms with Crippen molar-refractivity contribution in [3.05, 3.63) is 18.2 Å². The van der Waals surface area contributed by atoms with E-state index in [1.165, 1.54) is 4.90 Å². The zero-order chi connectivity index (χ0) is 8.97. The Labute approximate surface area is 77.1 Å². The van der Waals surface area contributed by atoms with Crippen LogP contribution in [0.4, 0.5) is 5.69 Å². The van der Waals surface area contributed by atoms with E-state index in [1.54, 1.807) is 11.8 Å². The zero-order valence-electron chi connectivity index (χ0n) is 7.33. The summed E-state index contributed by atoms with van der Waals surface area (Å²) in [4.78, 5) is 1.17. The van der Waals surface area contributed by atoms with Crippen LogP contribution in [0.2, 0.25) is 0 Å². The molecule has 0 spiro atoms. The maximum Gasteiger partial charge on any atom is 0.143 e. The molecule has 3 heteroatoms. The van der Waals surface area contributed by atoms with Gasteiger partial charge in [-0.25, -0.2) is 0 Å². The molecule has 0 aromatic heterocycles. The van der Waals surface area contributed by atoms with Crippen LogP contribution in [-0.4, -0.2) is 12.9 Å². The Morgan fingerprint density at radius 3 is 2.83 bits per heavy atom. The molecule has 1 rings (SSSR count). The second kappa shape index (κ2) is 4.26. The SMILES string of the molecule is CCOc1cc(SC)ccc1N. The normalized spacial score (nSPS) is 9.83. The summed E-state index contributed by atoms with van der Waals surface area (Å²) in [6.07, 6.45) is 2.03. The highest BCUT2D eigenvalue weighted by Gasteiger charge is 1.99. The highest BCUT2D eigenvalue weighted by atomic mass is 32.2. The maximum atomic E-state index is 5.70. The molecule has 0 amide bonds. The smallest absolute Gasteiger partial charge is 0.143 e. The number of hydrogen-bond donors (Lipinski definition) is 1. The summed E-state index contributed by atoms with van der Waals surface area (Å²) in [5, 5.41) is 0. The summed E-state index contributed by atoms with van der Waals surface area (Å²) in [6, 6.07) is 5.82. The number of rotatable bonds is 3. The van der Waals surface area contributed by atoms with Crippen LogP contribution in [0.1, 0.15) is 6.92 Å². The zero-order valence-corrected chi connectivity index (χ0v) is 8.15. The van der Waals surface area contributed by atoms with Crippen molar-refractivity contribution in [2.75, 3.05) is 18.6 Å². The van der Waals surface area contributed by atoms with Crippen molar-refractivity contribution in [2.24, 2.45) is 0 Å². The van der Waals surface area contributed by atoms with Gasteiger partial charge in [-0.3, -0.25) is 0 Å². The first kappa shape index (κ1) is 9.26. The minimum Gasteiger partial charge on any atom is -0.492 e. The first-order valence-corrected chi connectivity index (χ1v) is 5.06. The number of thioether (sulfide) groups is 1. The number of nitrogen functional groups attached to an aromatic ring is 1. The average molecular weight is 183 g/mol. The van der Waals surface area contributed by atoms with E-state index in [9.17, 15) is 0 Å². The number of nitrogens with two attached hydrogens (primary N) is 1. The van der Waals surface area contributed by atoms with Crippen LogP contribution < -0.4 is 10.5 Å². The van der Waals surface area contributed by atoms with Crippen LogP contribution >= 0.6 is 11.8 Å². The highest BCUT2D eigenvalue weighted by Crippen LogP contribution is 2.26. The fraction of sp³-hybridized carbons (Fsp3) is 0.333. The van der Waals surface area contributed by atoms with Gasteiger partial charge >= 0.3 is 0 Å². The van der Waals surface area contributed by atoms with E-state index in [2.05, 4.69) is 0 Å². The Morgan fingerprint density at radius 2 is 2.25 bits per heavy atom. The van der Waals surface area contributed by atoms with Crippen molar-refractivity contribution < 1.29 is 4.74 Å². The molecule has 66 valence electrons. The lowest BCUT2D eigenvalue weighted by molar-refractivity contribution is 0.341. The summed E-state index contributed by atoms with van der Waals surface area (Å²) in [5.41, 5.74) is 6.40. The number of benzene rings is 1. The predicted molar refractivity (Wildman–Crippen MR) is 53.8 cm³/mol. The quantitative estimate of drug-likeness (QED) is 0.577. The van der Waals surface area contributed by atoms with Gasteiger partial charge in [0.25, 0.3) is 0 Å². The van der Waals surface area contributed by atoms with E-state index < -0.39 is 0 Å². The van der Waals surface area contributed by atoms with Crippen LogP contribution in [0, 0.1) is 0 Å². The van der Waals surface area contributed by atoms with E-state index in [1.807, 2.05) is 31.4 Å². The monoisotopic (exact) mass is 183 g/mol. The Balaban J connectivity index is 2.91. The van der Waals surface area contributed by atoms with E-state index in [0.29, 0.717) is 12.3 Å². The predicted octanol–water partition coefficient (Wildman–Crippen LogP) is 2.39. The van der Waals surface area contributed by atoms with Crippen LogP contribution in [0.5, 0.6) is 5.75 Å². The minimum absolute atomic E-state index is 0.655. The first-order valence-electron chi connectivity index (χ1n) is 3.84. The van der Waals surface area contributed by atoms with Crippen molar-refractivity contribution in [1.29, 1.82) is 0 Å². The highest BCUT2D eigenvalue weighted by molar-refractivity contribution is 7.98. The van der Waals surface area contributed by atoms with Gasteiger partial charge in [0.1, 0.15) is 5.75 Å². The van der Waals surface area contributed by atoms with E-state index in [-0.39, 0.29) is 0 Å². The first-order chi connectivity index (χ1) is 5.77. The van der Waals surface area contributed by atoms with E-state index in [0.717, 1.165) is 5.75 Å².